The second-order valence-electron chi connectivity index (χ2n) is 6.96. The number of hydrogen-bond donors (Lipinski definition) is 1. The van der Waals surface area contributed by atoms with Crippen molar-refractivity contribution in [1.29, 1.82) is 5.26 Å². The van der Waals surface area contributed by atoms with Crippen LogP contribution in [0.3, 0.4) is 0 Å². The van der Waals surface area contributed by atoms with Gasteiger partial charge in [-0.1, -0.05) is 38.1 Å². The van der Waals surface area contributed by atoms with E-state index in [1.807, 2.05) is 39.0 Å². The average molecular weight is 377 g/mol. The number of nitriles is 1. The number of carbonyl (C=O) groups excluding carboxylic acids is 1. The highest BCUT2D eigenvalue weighted by molar-refractivity contribution is 5.81. The fourth-order valence-electron chi connectivity index (χ4n) is 2.92. The molecule has 0 aliphatic heterocycles. The van der Waals surface area contributed by atoms with E-state index in [9.17, 15) is 10.1 Å². The minimum Gasteiger partial charge on any atom is -0.479 e. The quantitative estimate of drug-likeness (QED) is 0.677. The molecule has 28 heavy (non-hydrogen) atoms. The molecule has 6 nitrogen and oxygen atoms in total. The van der Waals surface area contributed by atoms with Crippen LogP contribution in [0.1, 0.15) is 30.9 Å². The van der Waals surface area contributed by atoms with Crippen molar-refractivity contribution in [2.24, 2.45) is 5.92 Å². The Morgan fingerprint density at radius 3 is 2.75 bits per heavy atom. The zero-order valence-electron chi connectivity index (χ0n) is 16.2. The molecule has 1 unspecified atom stereocenters. The van der Waals surface area contributed by atoms with Crippen LogP contribution in [-0.4, -0.2) is 23.5 Å². The number of aryl methyl sites for hydroxylation is 1. The van der Waals surface area contributed by atoms with Gasteiger partial charge in [-0.3, -0.25) is 4.79 Å². The van der Waals surface area contributed by atoms with Gasteiger partial charge in [0.25, 0.3) is 5.91 Å². The van der Waals surface area contributed by atoms with Crippen molar-refractivity contribution in [3.63, 3.8) is 0 Å². The molecule has 0 bridgehead atoms. The van der Waals surface area contributed by atoms with Crippen molar-refractivity contribution >= 4 is 17.0 Å². The molecule has 3 aromatic rings. The summed E-state index contributed by atoms with van der Waals surface area (Å²) in [5.74, 6) is 0.712. The lowest BCUT2D eigenvalue weighted by Crippen LogP contribution is -2.42. The number of nitrogens with zero attached hydrogens (tertiary/aromatic N) is 2. The molecule has 144 valence electrons. The minimum atomic E-state index is -0.694. The van der Waals surface area contributed by atoms with Crippen molar-refractivity contribution < 1.29 is 13.9 Å². The molecule has 2 aromatic carbocycles. The molecule has 6 heteroatoms. The summed E-state index contributed by atoms with van der Waals surface area (Å²) in [5, 5.41) is 12.1. The molecular weight excluding hydrogens is 354 g/mol. The summed E-state index contributed by atoms with van der Waals surface area (Å²) in [6.07, 6.45) is -0.209. The number of benzene rings is 2. The van der Waals surface area contributed by atoms with Gasteiger partial charge in [0.15, 0.2) is 17.6 Å². The Kier molecular flexibility index (Phi) is 5.95. The monoisotopic (exact) mass is 377 g/mol. The van der Waals surface area contributed by atoms with Gasteiger partial charge in [-0.05, 0) is 36.6 Å². The first-order chi connectivity index (χ1) is 13.5. The summed E-state index contributed by atoms with van der Waals surface area (Å²) < 4.78 is 11.6. The minimum absolute atomic E-state index is 0.0567. The van der Waals surface area contributed by atoms with Crippen LogP contribution >= 0.6 is 0 Å². The number of hydrogen-bond acceptors (Lipinski definition) is 5. The number of carbonyl (C=O) groups is 1. The van der Waals surface area contributed by atoms with Crippen molar-refractivity contribution in [3.05, 3.63) is 59.5 Å². The van der Waals surface area contributed by atoms with E-state index in [1.165, 1.54) is 0 Å². The molecule has 0 aliphatic rings. The van der Waals surface area contributed by atoms with Gasteiger partial charge in [-0.25, -0.2) is 4.98 Å². The van der Waals surface area contributed by atoms with Crippen LogP contribution in [0, 0.1) is 24.2 Å². The van der Waals surface area contributed by atoms with Gasteiger partial charge in [-0.15, -0.1) is 0 Å². The maximum absolute atomic E-state index is 12.6. The summed E-state index contributed by atoms with van der Waals surface area (Å²) >= 11 is 0. The SMILES string of the molecule is Cc1cccc2oc(CCNC(=O)C(Oc3ccccc3C#N)C(C)C)nc12. The molecule has 0 spiro atoms. The average Bonchev–Trinajstić information content (AvgIpc) is 3.10. The highest BCUT2D eigenvalue weighted by atomic mass is 16.5. The van der Waals surface area contributed by atoms with E-state index >= 15 is 0 Å². The van der Waals surface area contributed by atoms with Crippen LogP contribution in [0.4, 0.5) is 0 Å². The maximum Gasteiger partial charge on any atom is 0.261 e. The van der Waals surface area contributed by atoms with Crippen molar-refractivity contribution in [2.75, 3.05) is 6.54 Å². The standard InChI is InChI=1S/C22H23N3O3/c1-14(2)21(28-17-9-5-4-8-16(17)13-23)22(26)24-12-11-19-25-20-15(3)7-6-10-18(20)27-19/h4-10,14,21H,11-12H2,1-3H3,(H,24,26). The Labute approximate surface area is 164 Å². The largest absolute Gasteiger partial charge is 0.479 e. The van der Waals surface area contributed by atoms with Gasteiger partial charge in [0.05, 0.1) is 5.56 Å². The summed E-state index contributed by atoms with van der Waals surface area (Å²) in [4.78, 5) is 17.1. The van der Waals surface area contributed by atoms with Crippen LogP contribution in [0.15, 0.2) is 46.9 Å². The van der Waals surface area contributed by atoms with Crippen molar-refractivity contribution in [1.82, 2.24) is 10.3 Å². The zero-order valence-corrected chi connectivity index (χ0v) is 16.2. The molecule has 0 saturated heterocycles. The highest BCUT2D eigenvalue weighted by Gasteiger charge is 2.25. The predicted octanol–water partition coefficient (Wildman–Crippen LogP) is 3.77. The third-order valence-corrected chi connectivity index (χ3v) is 4.43. The smallest absolute Gasteiger partial charge is 0.261 e. The lowest BCUT2D eigenvalue weighted by Gasteiger charge is -2.22. The molecule has 1 heterocycles. The van der Waals surface area contributed by atoms with E-state index in [-0.39, 0.29) is 11.8 Å². The number of fused-ring (bicyclic) bond motifs is 1. The van der Waals surface area contributed by atoms with Crippen molar-refractivity contribution in [2.45, 2.75) is 33.3 Å². The van der Waals surface area contributed by atoms with Crippen LogP contribution in [0.25, 0.3) is 11.1 Å². The summed E-state index contributed by atoms with van der Waals surface area (Å²) in [6.45, 7) is 6.18. The van der Waals surface area contributed by atoms with E-state index in [2.05, 4.69) is 16.4 Å². The van der Waals surface area contributed by atoms with E-state index in [4.69, 9.17) is 9.15 Å². The lowest BCUT2D eigenvalue weighted by atomic mass is 10.1. The Hall–Kier alpha value is -3.33. The molecule has 1 amide bonds. The topological polar surface area (TPSA) is 88.1 Å². The van der Waals surface area contributed by atoms with E-state index < -0.39 is 6.10 Å². The number of amides is 1. The number of oxazole rings is 1. The fourth-order valence-corrected chi connectivity index (χ4v) is 2.92. The second kappa shape index (κ2) is 8.57. The Balaban J connectivity index is 1.62. The van der Waals surface area contributed by atoms with Gasteiger partial charge in [0.2, 0.25) is 0 Å². The summed E-state index contributed by atoms with van der Waals surface area (Å²) in [5.41, 5.74) is 3.06. The second-order valence-corrected chi connectivity index (χ2v) is 6.96. The van der Waals surface area contributed by atoms with Crippen LogP contribution in [0.2, 0.25) is 0 Å². The van der Waals surface area contributed by atoms with E-state index in [0.29, 0.717) is 30.2 Å². The number of rotatable bonds is 7. The molecule has 1 aromatic heterocycles. The maximum atomic E-state index is 12.6. The van der Waals surface area contributed by atoms with Gasteiger partial charge >= 0.3 is 0 Å². The lowest BCUT2D eigenvalue weighted by molar-refractivity contribution is -0.129. The van der Waals surface area contributed by atoms with Gasteiger partial charge in [-0.2, -0.15) is 5.26 Å². The fraction of sp³-hybridized carbons (Fsp3) is 0.318. The number of aromatic nitrogens is 1. The zero-order chi connectivity index (χ0) is 20.1. The Bertz CT molecular complexity index is 1020. The Morgan fingerprint density at radius 1 is 1.25 bits per heavy atom. The van der Waals surface area contributed by atoms with Crippen LogP contribution < -0.4 is 10.1 Å². The molecule has 3 rings (SSSR count). The summed E-state index contributed by atoms with van der Waals surface area (Å²) in [7, 11) is 0. The van der Waals surface area contributed by atoms with Crippen LogP contribution in [0.5, 0.6) is 5.75 Å². The Morgan fingerprint density at radius 2 is 2.04 bits per heavy atom. The first-order valence-corrected chi connectivity index (χ1v) is 9.28. The van der Waals surface area contributed by atoms with Crippen LogP contribution in [-0.2, 0) is 11.2 Å². The van der Waals surface area contributed by atoms with E-state index in [0.717, 1.165) is 16.7 Å². The molecule has 1 N–H and O–H groups in total. The van der Waals surface area contributed by atoms with E-state index in [1.54, 1.807) is 24.3 Å². The molecule has 1 atom stereocenters. The first-order valence-electron chi connectivity index (χ1n) is 9.28. The number of nitrogens with one attached hydrogen (secondary N) is 1. The normalized spacial score (nSPS) is 12.0. The third kappa shape index (κ3) is 4.32. The molecule has 0 radical (unpaired) electrons. The summed E-state index contributed by atoms with van der Waals surface area (Å²) in [6, 6.07) is 14.8. The molecule has 0 fully saturated rings. The number of ether oxygens (including phenoxy) is 1. The van der Waals surface area contributed by atoms with Gasteiger partial charge in [0.1, 0.15) is 17.3 Å². The third-order valence-electron chi connectivity index (χ3n) is 4.43. The van der Waals surface area contributed by atoms with Gasteiger partial charge in [0, 0.05) is 13.0 Å². The van der Waals surface area contributed by atoms with Crippen molar-refractivity contribution in [3.8, 4) is 11.8 Å². The first kappa shape index (κ1) is 19.4. The molecule has 0 saturated carbocycles. The van der Waals surface area contributed by atoms with Gasteiger partial charge < -0.3 is 14.5 Å². The molecule has 0 aliphatic carbocycles. The predicted molar refractivity (Wildman–Crippen MR) is 106 cm³/mol. The highest BCUT2D eigenvalue weighted by Crippen LogP contribution is 2.21. The molecular formula is C22H23N3O3. The number of para-hydroxylation sites is 2.